The SMILES string of the molecule is CC(c1ccc(Cl)cc1)N(C)C(=O)CN1CCC[C@@H]1C(=O)O.Cl. The standard InChI is InChI=1S/C16H21ClN2O3.ClH/c1-11(12-5-7-13(17)8-6-12)18(2)15(20)10-19-9-3-4-14(19)16(21)22;/h5-8,11,14H,3-4,9-10H2,1-2H3,(H,21,22);1H/t11?,14-;/m1./s1. The first-order chi connectivity index (χ1) is 10.4. The second-order valence-corrected chi connectivity index (χ2v) is 6.14. The van der Waals surface area contributed by atoms with Gasteiger partial charge in [0, 0.05) is 12.1 Å². The molecule has 1 aliphatic heterocycles. The second kappa shape index (κ2) is 8.52. The molecular weight excluding hydrogens is 339 g/mol. The summed E-state index contributed by atoms with van der Waals surface area (Å²) in [4.78, 5) is 27.0. The van der Waals surface area contributed by atoms with Gasteiger partial charge in [-0.15, -0.1) is 12.4 Å². The molecule has 1 aromatic rings. The van der Waals surface area contributed by atoms with Gasteiger partial charge < -0.3 is 10.0 Å². The number of likely N-dealkylation sites (N-methyl/N-ethyl adjacent to an activating group) is 1. The van der Waals surface area contributed by atoms with Gasteiger partial charge in [0.05, 0.1) is 12.6 Å². The van der Waals surface area contributed by atoms with E-state index in [-0.39, 0.29) is 30.9 Å². The number of carboxylic acids is 1. The largest absolute Gasteiger partial charge is 0.480 e. The minimum Gasteiger partial charge on any atom is -0.480 e. The summed E-state index contributed by atoms with van der Waals surface area (Å²) in [5.41, 5.74) is 0.997. The first-order valence-electron chi connectivity index (χ1n) is 7.38. The summed E-state index contributed by atoms with van der Waals surface area (Å²) >= 11 is 5.87. The molecule has 128 valence electrons. The highest BCUT2D eigenvalue weighted by molar-refractivity contribution is 6.30. The first-order valence-corrected chi connectivity index (χ1v) is 7.76. The Morgan fingerprint density at radius 3 is 2.57 bits per heavy atom. The highest BCUT2D eigenvalue weighted by atomic mass is 35.5. The predicted octanol–water partition coefficient (Wildman–Crippen LogP) is 2.83. The summed E-state index contributed by atoms with van der Waals surface area (Å²) in [6.45, 7) is 2.75. The van der Waals surface area contributed by atoms with Crippen LogP contribution in [0.25, 0.3) is 0 Å². The maximum atomic E-state index is 12.4. The molecule has 2 rings (SSSR count). The number of carboxylic acid groups (broad SMARTS) is 1. The maximum absolute atomic E-state index is 12.4. The molecule has 0 aliphatic carbocycles. The third-order valence-corrected chi connectivity index (χ3v) is 4.57. The Morgan fingerprint density at radius 1 is 1.39 bits per heavy atom. The Hall–Kier alpha value is -1.30. The van der Waals surface area contributed by atoms with Gasteiger partial charge in [0.15, 0.2) is 0 Å². The van der Waals surface area contributed by atoms with Crippen LogP contribution in [-0.4, -0.2) is 53.0 Å². The highest BCUT2D eigenvalue weighted by Gasteiger charge is 2.32. The zero-order valence-corrected chi connectivity index (χ0v) is 14.8. The molecule has 2 atom stereocenters. The maximum Gasteiger partial charge on any atom is 0.320 e. The minimum absolute atomic E-state index is 0. The Bertz CT molecular complexity index is 551. The fraction of sp³-hybridized carbons (Fsp3) is 0.500. The predicted molar refractivity (Wildman–Crippen MR) is 92.1 cm³/mol. The summed E-state index contributed by atoms with van der Waals surface area (Å²) < 4.78 is 0. The molecule has 0 spiro atoms. The third kappa shape index (κ3) is 4.83. The second-order valence-electron chi connectivity index (χ2n) is 5.70. The van der Waals surface area contributed by atoms with Gasteiger partial charge in [-0.1, -0.05) is 23.7 Å². The van der Waals surface area contributed by atoms with Crippen molar-refractivity contribution in [2.75, 3.05) is 20.1 Å². The number of nitrogens with zero attached hydrogens (tertiary/aromatic N) is 2. The van der Waals surface area contributed by atoms with Crippen LogP contribution in [0, 0.1) is 0 Å². The molecule has 1 fully saturated rings. The highest BCUT2D eigenvalue weighted by Crippen LogP contribution is 2.22. The fourth-order valence-electron chi connectivity index (χ4n) is 2.76. The number of halogens is 2. The molecule has 7 heteroatoms. The van der Waals surface area contributed by atoms with E-state index in [1.54, 1.807) is 29.0 Å². The number of aliphatic carboxylic acids is 1. The molecule has 1 unspecified atom stereocenters. The minimum atomic E-state index is -0.848. The molecule has 1 aliphatic rings. The quantitative estimate of drug-likeness (QED) is 0.876. The van der Waals surface area contributed by atoms with Crippen molar-refractivity contribution in [2.24, 2.45) is 0 Å². The van der Waals surface area contributed by atoms with Gasteiger partial charge in [-0.25, -0.2) is 0 Å². The van der Waals surface area contributed by atoms with E-state index < -0.39 is 12.0 Å². The van der Waals surface area contributed by atoms with Crippen molar-refractivity contribution in [1.29, 1.82) is 0 Å². The van der Waals surface area contributed by atoms with Gasteiger partial charge >= 0.3 is 5.97 Å². The molecule has 1 saturated heterocycles. The lowest BCUT2D eigenvalue weighted by atomic mass is 10.1. The molecule has 1 heterocycles. The van der Waals surface area contributed by atoms with Crippen LogP contribution in [0.1, 0.15) is 31.4 Å². The topological polar surface area (TPSA) is 60.9 Å². The molecule has 0 saturated carbocycles. The van der Waals surface area contributed by atoms with E-state index in [0.717, 1.165) is 12.0 Å². The van der Waals surface area contributed by atoms with E-state index in [1.165, 1.54) is 0 Å². The monoisotopic (exact) mass is 360 g/mol. The summed E-state index contributed by atoms with van der Waals surface area (Å²) in [5.74, 6) is -0.922. The molecule has 1 aromatic carbocycles. The normalized spacial score (nSPS) is 19.0. The number of likely N-dealkylation sites (tertiary alicyclic amines) is 1. The molecule has 0 bridgehead atoms. The van der Waals surface area contributed by atoms with Crippen LogP contribution in [0.3, 0.4) is 0 Å². The summed E-state index contributed by atoms with van der Waals surface area (Å²) in [6, 6.07) is 6.76. The van der Waals surface area contributed by atoms with Crippen molar-refractivity contribution < 1.29 is 14.7 Å². The smallest absolute Gasteiger partial charge is 0.320 e. The number of rotatable bonds is 5. The van der Waals surface area contributed by atoms with Crippen molar-refractivity contribution in [3.8, 4) is 0 Å². The molecule has 0 radical (unpaired) electrons. The average Bonchev–Trinajstić information content (AvgIpc) is 2.94. The first kappa shape index (κ1) is 19.7. The van der Waals surface area contributed by atoms with Gasteiger partial charge in [-0.05, 0) is 44.0 Å². The zero-order chi connectivity index (χ0) is 16.3. The number of hydrogen-bond acceptors (Lipinski definition) is 3. The van der Waals surface area contributed by atoms with Gasteiger partial charge in [-0.3, -0.25) is 14.5 Å². The number of benzene rings is 1. The van der Waals surface area contributed by atoms with Gasteiger partial charge in [0.2, 0.25) is 5.91 Å². The zero-order valence-electron chi connectivity index (χ0n) is 13.2. The lowest BCUT2D eigenvalue weighted by molar-refractivity contribution is -0.143. The van der Waals surface area contributed by atoms with Crippen LogP contribution in [0.5, 0.6) is 0 Å². The Kier molecular flexibility index (Phi) is 7.32. The van der Waals surface area contributed by atoms with Crippen LogP contribution in [0.15, 0.2) is 24.3 Å². The Labute approximate surface area is 147 Å². The summed E-state index contributed by atoms with van der Waals surface area (Å²) in [7, 11) is 1.74. The molecule has 1 amide bonds. The molecule has 5 nitrogen and oxygen atoms in total. The van der Waals surface area contributed by atoms with E-state index in [9.17, 15) is 9.59 Å². The molecular formula is C16H22Cl2N2O3. The Morgan fingerprint density at radius 2 is 2.00 bits per heavy atom. The van der Waals surface area contributed by atoms with Crippen LogP contribution >= 0.6 is 24.0 Å². The van der Waals surface area contributed by atoms with Crippen molar-refractivity contribution in [3.63, 3.8) is 0 Å². The van der Waals surface area contributed by atoms with E-state index in [0.29, 0.717) is 18.0 Å². The molecule has 1 N–H and O–H groups in total. The fourth-order valence-corrected chi connectivity index (χ4v) is 2.89. The molecule has 23 heavy (non-hydrogen) atoms. The number of amides is 1. The van der Waals surface area contributed by atoms with Gasteiger partial charge in [0.1, 0.15) is 6.04 Å². The van der Waals surface area contributed by atoms with Crippen molar-refractivity contribution in [2.45, 2.75) is 31.8 Å². The lowest BCUT2D eigenvalue weighted by Crippen LogP contribution is -2.44. The van der Waals surface area contributed by atoms with Gasteiger partial charge in [-0.2, -0.15) is 0 Å². The van der Waals surface area contributed by atoms with Gasteiger partial charge in [0.25, 0.3) is 0 Å². The summed E-state index contributed by atoms with van der Waals surface area (Å²) in [5, 5.41) is 9.83. The number of hydrogen-bond donors (Lipinski definition) is 1. The number of carbonyl (C=O) groups is 2. The average molecular weight is 361 g/mol. The van der Waals surface area contributed by atoms with Crippen LogP contribution in [0.4, 0.5) is 0 Å². The van der Waals surface area contributed by atoms with Crippen molar-refractivity contribution >= 4 is 35.9 Å². The van der Waals surface area contributed by atoms with E-state index in [1.807, 2.05) is 19.1 Å². The van der Waals surface area contributed by atoms with Crippen molar-refractivity contribution in [3.05, 3.63) is 34.9 Å². The Balaban J connectivity index is 0.00000264. The lowest BCUT2D eigenvalue weighted by Gasteiger charge is -2.28. The van der Waals surface area contributed by atoms with Crippen LogP contribution < -0.4 is 0 Å². The van der Waals surface area contributed by atoms with E-state index in [4.69, 9.17) is 16.7 Å². The van der Waals surface area contributed by atoms with Crippen LogP contribution in [-0.2, 0) is 9.59 Å². The van der Waals surface area contributed by atoms with Crippen molar-refractivity contribution in [1.82, 2.24) is 9.80 Å². The third-order valence-electron chi connectivity index (χ3n) is 4.31. The van der Waals surface area contributed by atoms with Crippen LogP contribution in [0.2, 0.25) is 5.02 Å². The van der Waals surface area contributed by atoms with E-state index >= 15 is 0 Å². The molecule has 0 aromatic heterocycles. The number of carbonyl (C=O) groups excluding carboxylic acids is 1. The van der Waals surface area contributed by atoms with E-state index in [2.05, 4.69) is 0 Å². The summed E-state index contributed by atoms with van der Waals surface area (Å²) in [6.07, 6.45) is 1.43.